The van der Waals surface area contributed by atoms with E-state index >= 15 is 0 Å². The average Bonchev–Trinajstić information content (AvgIpc) is 2.21. The first kappa shape index (κ1) is 12.9. The zero-order valence-corrected chi connectivity index (χ0v) is 10.5. The summed E-state index contributed by atoms with van der Waals surface area (Å²) in [6.45, 7) is 5.91. The summed E-state index contributed by atoms with van der Waals surface area (Å²) in [5.74, 6) is -0.597. The maximum atomic E-state index is 13.8. The fourth-order valence-electron chi connectivity index (χ4n) is 1.22. The molecule has 0 aliphatic carbocycles. The third-order valence-corrected chi connectivity index (χ3v) is 3.00. The van der Waals surface area contributed by atoms with E-state index in [1.54, 1.807) is 0 Å². The Morgan fingerprint density at radius 3 is 2.44 bits per heavy atom. The summed E-state index contributed by atoms with van der Waals surface area (Å²) in [6.07, 6.45) is 0.827. The summed E-state index contributed by atoms with van der Waals surface area (Å²) in [5, 5.41) is 2.94. The smallest absolute Gasteiger partial charge is 0.169 e. The molecule has 3 nitrogen and oxygen atoms in total. The Hall–Kier alpha value is -1.16. The van der Waals surface area contributed by atoms with Crippen molar-refractivity contribution >= 4 is 28.7 Å². The van der Waals surface area contributed by atoms with E-state index in [9.17, 15) is 4.39 Å². The summed E-state index contributed by atoms with van der Waals surface area (Å²) >= 11 is 5.73. The number of rotatable bonds is 3. The van der Waals surface area contributed by atoms with Gasteiger partial charge in [0, 0.05) is 5.54 Å². The highest BCUT2D eigenvalue weighted by atomic mass is 35.5. The van der Waals surface area contributed by atoms with Gasteiger partial charge in [-0.05, 0) is 26.3 Å². The first-order chi connectivity index (χ1) is 7.28. The molecule has 0 aliphatic rings. The van der Waals surface area contributed by atoms with E-state index in [0.717, 1.165) is 6.42 Å². The van der Waals surface area contributed by atoms with Gasteiger partial charge in [0.2, 0.25) is 0 Å². The van der Waals surface area contributed by atoms with Crippen LogP contribution in [0.1, 0.15) is 27.2 Å². The van der Waals surface area contributed by atoms with Crippen LogP contribution in [0.3, 0.4) is 0 Å². The maximum absolute atomic E-state index is 13.8. The van der Waals surface area contributed by atoms with Crippen molar-refractivity contribution in [2.75, 3.05) is 16.8 Å². The van der Waals surface area contributed by atoms with Crippen molar-refractivity contribution in [2.24, 2.45) is 0 Å². The van der Waals surface area contributed by atoms with Gasteiger partial charge in [-0.3, -0.25) is 0 Å². The molecular weight excluding hydrogens is 229 g/mol. The fraction of sp³-hybridized carbons (Fsp3) is 0.455. The number of benzene rings is 1. The lowest BCUT2D eigenvalue weighted by molar-refractivity contribution is 0.538. The van der Waals surface area contributed by atoms with Crippen LogP contribution in [0.2, 0.25) is 5.02 Å². The van der Waals surface area contributed by atoms with Gasteiger partial charge >= 0.3 is 0 Å². The molecule has 0 aromatic heterocycles. The minimum Gasteiger partial charge on any atom is -0.397 e. The van der Waals surface area contributed by atoms with Crippen LogP contribution in [-0.2, 0) is 0 Å². The van der Waals surface area contributed by atoms with Crippen LogP contribution >= 0.6 is 11.6 Å². The second kappa shape index (κ2) is 4.37. The van der Waals surface area contributed by atoms with Gasteiger partial charge in [-0.2, -0.15) is 0 Å². The van der Waals surface area contributed by atoms with Crippen LogP contribution in [-0.4, -0.2) is 5.54 Å². The van der Waals surface area contributed by atoms with Crippen LogP contribution in [0.15, 0.2) is 6.07 Å². The molecule has 0 atom stereocenters. The number of nitrogen functional groups attached to an aromatic ring is 2. The van der Waals surface area contributed by atoms with Crippen LogP contribution in [0.25, 0.3) is 0 Å². The normalized spacial score (nSPS) is 11.6. The van der Waals surface area contributed by atoms with Crippen molar-refractivity contribution in [2.45, 2.75) is 32.7 Å². The van der Waals surface area contributed by atoms with Crippen LogP contribution in [0, 0.1) is 5.82 Å². The zero-order valence-electron chi connectivity index (χ0n) is 9.70. The van der Waals surface area contributed by atoms with Gasteiger partial charge in [0.1, 0.15) is 5.02 Å². The van der Waals surface area contributed by atoms with Gasteiger partial charge in [0.05, 0.1) is 17.1 Å². The molecule has 0 fully saturated rings. The minimum atomic E-state index is -0.597. The van der Waals surface area contributed by atoms with Gasteiger partial charge in [-0.1, -0.05) is 18.5 Å². The molecule has 0 amide bonds. The maximum Gasteiger partial charge on any atom is 0.169 e. The van der Waals surface area contributed by atoms with E-state index < -0.39 is 5.82 Å². The van der Waals surface area contributed by atoms with E-state index in [0.29, 0.717) is 0 Å². The summed E-state index contributed by atoms with van der Waals surface area (Å²) < 4.78 is 13.8. The molecule has 90 valence electrons. The Balaban J connectivity index is 3.20. The fourth-order valence-corrected chi connectivity index (χ4v) is 1.37. The number of hydrogen-bond acceptors (Lipinski definition) is 3. The molecule has 0 unspecified atom stereocenters. The second-order valence-corrected chi connectivity index (χ2v) is 4.80. The quantitative estimate of drug-likeness (QED) is 0.717. The van der Waals surface area contributed by atoms with Gasteiger partial charge in [0.25, 0.3) is 0 Å². The number of nitrogens with two attached hydrogens (primary N) is 2. The van der Waals surface area contributed by atoms with Gasteiger partial charge in [-0.15, -0.1) is 0 Å². The molecule has 0 saturated heterocycles. The van der Waals surface area contributed by atoms with E-state index in [-0.39, 0.29) is 27.6 Å². The lowest BCUT2D eigenvalue weighted by Crippen LogP contribution is -2.30. The zero-order chi connectivity index (χ0) is 12.5. The molecule has 16 heavy (non-hydrogen) atoms. The standard InChI is InChI=1S/C11H17ClFN3/c1-4-11(2,3)16-10-7(15)5-6(14)8(12)9(10)13/h5,16H,4,14-15H2,1-3H3. The second-order valence-electron chi connectivity index (χ2n) is 4.42. The predicted molar refractivity (Wildman–Crippen MR) is 68.2 cm³/mol. The first-order valence-electron chi connectivity index (χ1n) is 5.09. The molecule has 0 radical (unpaired) electrons. The van der Waals surface area contributed by atoms with Crippen molar-refractivity contribution in [1.82, 2.24) is 0 Å². The molecule has 1 aromatic rings. The lowest BCUT2D eigenvalue weighted by Gasteiger charge is -2.27. The number of hydrogen-bond donors (Lipinski definition) is 3. The molecular formula is C11H17ClFN3. The van der Waals surface area contributed by atoms with Crippen molar-refractivity contribution in [1.29, 1.82) is 0 Å². The van der Waals surface area contributed by atoms with E-state index in [1.165, 1.54) is 6.07 Å². The highest BCUT2D eigenvalue weighted by Crippen LogP contribution is 2.35. The van der Waals surface area contributed by atoms with E-state index in [2.05, 4.69) is 5.32 Å². The molecule has 1 rings (SSSR count). The number of anilines is 3. The minimum absolute atomic E-state index is 0.0939. The van der Waals surface area contributed by atoms with Gasteiger partial charge in [0.15, 0.2) is 5.82 Å². The van der Waals surface area contributed by atoms with Gasteiger partial charge in [-0.25, -0.2) is 4.39 Å². The largest absolute Gasteiger partial charge is 0.397 e. The van der Waals surface area contributed by atoms with Crippen LogP contribution in [0.4, 0.5) is 21.5 Å². The van der Waals surface area contributed by atoms with Crippen molar-refractivity contribution < 1.29 is 4.39 Å². The third-order valence-electron chi connectivity index (χ3n) is 2.61. The SMILES string of the molecule is CCC(C)(C)Nc1c(N)cc(N)c(Cl)c1F. The van der Waals surface area contributed by atoms with Crippen LogP contribution in [0.5, 0.6) is 0 Å². The third kappa shape index (κ3) is 2.50. The summed E-state index contributed by atoms with van der Waals surface area (Å²) in [7, 11) is 0. The highest BCUT2D eigenvalue weighted by Gasteiger charge is 2.21. The van der Waals surface area contributed by atoms with E-state index in [1.807, 2.05) is 20.8 Å². The Morgan fingerprint density at radius 2 is 1.94 bits per heavy atom. The predicted octanol–water partition coefficient (Wildman–Crippen LogP) is 3.24. The summed E-state index contributed by atoms with van der Waals surface area (Å²) in [5.41, 5.74) is 11.6. The van der Waals surface area contributed by atoms with Gasteiger partial charge < -0.3 is 16.8 Å². The molecule has 0 spiro atoms. The molecule has 0 heterocycles. The summed E-state index contributed by atoms with van der Waals surface area (Å²) in [4.78, 5) is 0. The van der Waals surface area contributed by atoms with Crippen molar-refractivity contribution in [3.8, 4) is 0 Å². The molecule has 1 aromatic carbocycles. The highest BCUT2D eigenvalue weighted by molar-refractivity contribution is 6.33. The topological polar surface area (TPSA) is 64.1 Å². The molecule has 5 N–H and O–H groups in total. The Morgan fingerprint density at radius 1 is 1.38 bits per heavy atom. The lowest BCUT2D eigenvalue weighted by atomic mass is 10.0. The van der Waals surface area contributed by atoms with Crippen LogP contribution < -0.4 is 16.8 Å². The molecule has 5 heteroatoms. The average molecular weight is 246 g/mol. The molecule has 0 saturated carbocycles. The number of nitrogens with one attached hydrogen (secondary N) is 1. The van der Waals surface area contributed by atoms with Crippen molar-refractivity contribution in [3.63, 3.8) is 0 Å². The first-order valence-corrected chi connectivity index (χ1v) is 5.47. The Labute approximate surface area is 100.0 Å². The summed E-state index contributed by atoms with van der Waals surface area (Å²) in [6, 6.07) is 1.46. The Bertz CT molecular complexity index is 405. The van der Waals surface area contributed by atoms with E-state index in [4.69, 9.17) is 23.1 Å². The molecule has 0 bridgehead atoms. The monoisotopic (exact) mass is 245 g/mol. The Kier molecular flexibility index (Phi) is 3.53. The van der Waals surface area contributed by atoms with Crippen molar-refractivity contribution in [3.05, 3.63) is 16.9 Å². The molecule has 0 aliphatic heterocycles. The number of halogens is 2.